The zero-order valence-electron chi connectivity index (χ0n) is 14.0. The summed E-state index contributed by atoms with van der Waals surface area (Å²) in [6.45, 7) is 3.55. The number of hydrogen-bond donors (Lipinski definition) is 1. The van der Waals surface area contributed by atoms with Gasteiger partial charge in [-0.1, -0.05) is 5.16 Å². The highest BCUT2D eigenvalue weighted by molar-refractivity contribution is 5.78. The summed E-state index contributed by atoms with van der Waals surface area (Å²) in [5.74, 6) is 1.24. The van der Waals surface area contributed by atoms with Gasteiger partial charge in [-0.05, 0) is 33.2 Å². The zero-order valence-corrected chi connectivity index (χ0v) is 14.0. The van der Waals surface area contributed by atoms with Crippen LogP contribution in [0, 0.1) is 6.92 Å². The minimum atomic E-state index is 0.587. The summed E-state index contributed by atoms with van der Waals surface area (Å²) in [4.78, 5) is 15.2. The summed E-state index contributed by atoms with van der Waals surface area (Å²) in [5.41, 5.74) is 3.36. The van der Waals surface area contributed by atoms with Gasteiger partial charge in [0, 0.05) is 43.3 Å². The number of nitrogens with zero attached hydrogens (tertiary/aromatic N) is 5. The van der Waals surface area contributed by atoms with Crippen LogP contribution >= 0.6 is 0 Å². The monoisotopic (exact) mass is 324 g/mol. The Morgan fingerprint density at radius 1 is 1.21 bits per heavy atom. The van der Waals surface area contributed by atoms with Crippen LogP contribution in [0.15, 0.2) is 41.3 Å². The molecule has 3 aromatic heterocycles. The molecule has 0 spiro atoms. The predicted molar refractivity (Wildman–Crippen MR) is 92.5 cm³/mol. The average Bonchev–Trinajstić information content (AvgIpc) is 3.01. The van der Waals surface area contributed by atoms with Crippen LogP contribution in [0.2, 0.25) is 0 Å². The lowest BCUT2D eigenvalue weighted by Crippen LogP contribution is -2.21. The van der Waals surface area contributed by atoms with E-state index >= 15 is 0 Å². The van der Waals surface area contributed by atoms with Crippen molar-refractivity contribution >= 4 is 5.95 Å². The summed E-state index contributed by atoms with van der Waals surface area (Å²) in [6, 6.07) is 5.71. The Labute approximate surface area is 140 Å². The molecule has 24 heavy (non-hydrogen) atoms. The van der Waals surface area contributed by atoms with Crippen LogP contribution in [0.4, 0.5) is 5.95 Å². The highest BCUT2D eigenvalue weighted by Gasteiger charge is 2.15. The first-order valence-electron chi connectivity index (χ1n) is 7.73. The molecular formula is C17H20N6O. The molecule has 0 saturated heterocycles. The van der Waals surface area contributed by atoms with E-state index in [-0.39, 0.29) is 0 Å². The molecule has 0 aliphatic carbocycles. The molecule has 0 aliphatic rings. The Balaban J connectivity index is 1.97. The van der Waals surface area contributed by atoms with Gasteiger partial charge in [0.1, 0.15) is 0 Å². The molecule has 7 nitrogen and oxygen atoms in total. The highest BCUT2D eigenvalue weighted by atomic mass is 16.5. The Morgan fingerprint density at radius 2 is 2.00 bits per heavy atom. The standard InChI is InChI=1S/C17H20N6O/c1-12-10-15(24-22-12)14-11-20-17(19-8-9-23(2)3)21-16(14)13-4-6-18-7-5-13/h4-7,10-11H,8-9H2,1-3H3,(H,19,20,21). The number of rotatable bonds is 6. The lowest BCUT2D eigenvalue weighted by molar-refractivity contribution is 0.424. The number of anilines is 1. The number of pyridine rings is 1. The minimum Gasteiger partial charge on any atom is -0.356 e. The Bertz CT molecular complexity index is 800. The molecule has 3 aromatic rings. The second-order valence-corrected chi connectivity index (χ2v) is 5.75. The molecule has 3 heterocycles. The number of likely N-dealkylation sites (N-methyl/N-ethyl adjacent to an activating group) is 1. The first-order valence-corrected chi connectivity index (χ1v) is 7.73. The van der Waals surface area contributed by atoms with Gasteiger partial charge in [0.2, 0.25) is 5.95 Å². The molecule has 3 rings (SSSR count). The van der Waals surface area contributed by atoms with Crippen LogP contribution in [-0.2, 0) is 0 Å². The van der Waals surface area contributed by atoms with Crippen molar-refractivity contribution in [3.05, 3.63) is 42.5 Å². The molecule has 0 bridgehead atoms. The third-order valence-corrected chi connectivity index (χ3v) is 3.48. The van der Waals surface area contributed by atoms with Gasteiger partial charge in [0.25, 0.3) is 0 Å². The molecule has 1 N–H and O–H groups in total. The second-order valence-electron chi connectivity index (χ2n) is 5.75. The fraction of sp³-hybridized carbons (Fsp3) is 0.294. The van der Waals surface area contributed by atoms with Crippen molar-refractivity contribution in [2.45, 2.75) is 6.92 Å². The van der Waals surface area contributed by atoms with E-state index in [1.54, 1.807) is 18.6 Å². The van der Waals surface area contributed by atoms with E-state index < -0.39 is 0 Å². The minimum absolute atomic E-state index is 0.587. The molecule has 0 aromatic carbocycles. The van der Waals surface area contributed by atoms with Crippen LogP contribution < -0.4 is 5.32 Å². The van der Waals surface area contributed by atoms with Gasteiger partial charge in [-0.15, -0.1) is 0 Å². The first kappa shape index (κ1) is 16.1. The van der Waals surface area contributed by atoms with Gasteiger partial charge in [-0.25, -0.2) is 9.97 Å². The third kappa shape index (κ3) is 3.75. The van der Waals surface area contributed by atoms with E-state index in [4.69, 9.17) is 4.52 Å². The Hall–Kier alpha value is -2.80. The van der Waals surface area contributed by atoms with Crippen LogP contribution in [0.25, 0.3) is 22.6 Å². The van der Waals surface area contributed by atoms with Crippen LogP contribution in [0.3, 0.4) is 0 Å². The van der Waals surface area contributed by atoms with Crippen molar-refractivity contribution in [2.24, 2.45) is 0 Å². The molecule has 124 valence electrons. The molecular weight excluding hydrogens is 304 g/mol. The summed E-state index contributed by atoms with van der Waals surface area (Å²) in [6.07, 6.45) is 5.25. The van der Waals surface area contributed by atoms with Gasteiger partial charge in [-0.2, -0.15) is 0 Å². The Kier molecular flexibility index (Phi) is 4.81. The molecule has 0 amide bonds. The van der Waals surface area contributed by atoms with Gasteiger partial charge in [0.15, 0.2) is 5.76 Å². The van der Waals surface area contributed by atoms with Gasteiger partial charge < -0.3 is 14.7 Å². The lowest BCUT2D eigenvalue weighted by atomic mass is 10.1. The second kappa shape index (κ2) is 7.18. The quantitative estimate of drug-likeness (QED) is 0.746. The van der Waals surface area contributed by atoms with Crippen LogP contribution in [0.5, 0.6) is 0 Å². The van der Waals surface area contributed by atoms with Gasteiger partial charge >= 0.3 is 0 Å². The SMILES string of the molecule is Cc1cc(-c2cnc(NCCN(C)C)nc2-c2ccncc2)on1. The summed E-state index contributed by atoms with van der Waals surface area (Å²) >= 11 is 0. The molecule has 0 unspecified atom stereocenters. The largest absolute Gasteiger partial charge is 0.356 e. The van der Waals surface area contributed by atoms with E-state index in [1.807, 2.05) is 39.2 Å². The summed E-state index contributed by atoms with van der Waals surface area (Å²) in [7, 11) is 4.06. The van der Waals surface area contributed by atoms with Crippen molar-refractivity contribution in [1.82, 2.24) is 25.0 Å². The topological polar surface area (TPSA) is 80.0 Å². The molecule has 7 heteroatoms. The molecule has 0 aliphatic heterocycles. The van der Waals surface area contributed by atoms with Crippen molar-refractivity contribution in [1.29, 1.82) is 0 Å². The maximum absolute atomic E-state index is 5.39. The number of aromatic nitrogens is 4. The molecule has 0 saturated carbocycles. The van der Waals surface area contributed by atoms with E-state index in [9.17, 15) is 0 Å². The summed E-state index contributed by atoms with van der Waals surface area (Å²) < 4.78 is 5.39. The Morgan fingerprint density at radius 3 is 2.67 bits per heavy atom. The molecule has 0 atom stereocenters. The smallest absolute Gasteiger partial charge is 0.223 e. The molecule has 0 radical (unpaired) electrons. The van der Waals surface area contributed by atoms with E-state index in [1.165, 1.54) is 0 Å². The first-order chi connectivity index (χ1) is 11.6. The van der Waals surface area contributed by atoms with Gasteiger partial charge in [0.05, 0.1) is 17.0 Å². The van der Waals surface area contributed by atoms with Crippen molar-refractivity contribution in [2.75, 3.05) is 32.5 Å². The van der Waals surface area contributed by atoms with Crippen molar-refractivity contribution in [3.63, 3.8) is 0 Å². The van der Waals surface area contributed by atoms with Gasteiger partial charge in [-0.3, -0.25) is 4.98 Å². The average molecular weight is 324 g/mol. The fourth-order valence-corrected chi connectivity index (χ4v) is 2.26. The predicted octanol–water partition coefficient (Wildman–Crippen LogP) is 2.48. The van der Waals surface area contributed by atoms with Crippen LogP contribution in [0.1, 0.15) is 5.69 Å². The maximum atomic E-state index is 5.39. The zero-order chi connectivity index (χ0) is 16.9. The fourth-order valence-electron chi connectivity index (χ4n) is 2.26. The van der Waals surface area contributed by atoms with E-state index in [0.717, 1.165) is 35.6 Å². The normalized spacial score (nSPS) is 11.0. The summed E-state index contributed by atoms with van der Waals surface area (Å²) in [5, 5.41) is 7.20. The number of hydrogen-bond acceptors (Lipinski definition) is 7. The highest BCUT2D eigenvalue weighted by Crippen LogP contribution is 2.30. The molecule has 0 fully saturated rings. The van der Waals surface area contributed by atoms with Crippen LogP contribution in [-0.4, -0.2) is 52.2 Å². The third-order valence-electron chi connectivity index (χ3n) is 3.48. The van der Waals surface area contributed by atoms with Crippen molar-refractivity contribution in [3.8, 4) is 22.6 Å². The van der Waals surface area contributed by atoms with Crippen molar-refractivity contribution < 1.29 is 4.52 Å². The maximum Gasteiger partial charge on any atom is 0.223 e. The van der Waals surface area contributed by atoms with E-state index in [0.29, 0.717) is 11.7 Å². The number of aryl methyl sites for hydroxylation is 1. The number of nitrogens with one attached hydrogen (secondary N) is 1. The lowest BCUT2D eigenvalue weighted by Gasteiger charge is -2.12. The van der Waals surface area contributed by atoms with E-state index in [2.05, 4.69) is 30.3 Å².